The van der Waals surface area contributed by atoms with Crippen molar-refractivity contribution in [1.82, 2.24) is 10.2 Å². The van der Waals surface area contributed by atoms with Crippen LogP contribution in [-0.2, 0) is 4.79 Å². The molecule has 0 radical (unpaired) electrons. The van der Waals surface area contributed by atoms with Crippen molar-refractivity contribution in [2.24, 2.45) is 0 Å². The number of amides is 3. The summed E-state index contributed by atoms with van der Waals surface area (Å²) < 4.78 is 10.4. The molecule has 2 aromatic rings. The monoisotopic (exact) mass is 425 g/mol. The number of hydrogen-bond donors (Lipinski definition) is 2. The van der Waals surface area contributed by atoms with Crippen LogP contribution in [0.4, 0.5) is 5.69 Å². The van der Waals surface area contributed by atoms with E-state index < -0.39 is 0 Å². The molecule has 0 atom stereocenters. The molecule has 0 spiro atoms. The molecule has 3 rings (SSSR count). The quantitative estimate of drug-likeness (QED) is 0.742. The third-order valence-corrected chi connectivity index (χ3v) is 5.16. The third kappa shape index (κ3) is 5.75. The van der Waals surface area contributed by atoms with Crippen LogP contribution in [0.5, 0.6) is 11.5 Å². The molecule has 1 saturated heterocycles. The van der Waals surface area contributed by atoms with Gasteiger partial charge in [-0.3, -0.25) is 14.4 Å². The molecule has 31 heavy (non-hydrogen) atoms. The van der Waals surface area contributed by atoms with Gasteiger partial charge in [-0.2, -0.15) is 0 Å². The maximum atomic E-state index is 12.8. The second-order valence-corrected chi connectivity index (χ2v) is 7.40. The standard InChI is InChI=1S/C23H27N3O5/c1-15(27)24-19-6-4-5-16(11-19)23(29)26-9-7-18(8-10-26)25-22(28)17-12-20(30-2)14-21(13-17)31-3/h4-6,11-14,18H,7-10H2,1-3H3,(H,24,27)(H,25,28). The fraction of sp³-hybridized carbons (Fsp3) is 0.348. The van der Waals surface area contributed by atoms with Crippen LogP contribution in [0.1, 0.15) is 40.5 Å². The highest BCUT2D eigenvalue weighted by atomic mass is 16.5. The first-order valence-corrected chi connectivity index (χ1v) is 10.1. The van der Waals surface area contributed by atoms with E-state index in [4.69, 9.17) is 9.47 Å². The zero-order valence-corrected chi connectivity index (χ0v) is 17.9. The van der Waals surface area contributed by atoms with E-state index in [1.165, 1.54) is 21.1 Å². The van der Waals surface area contributed by atoms with Gasteiger partial charge in [0.25, 0.3) is 11.8 Å². The topological polar surface area (TPSA) is 97.0 Å². The van der Waals surface area contributed by atoms with Gasteiger partial charge in [-0.1, -0.05) is 6.07 Å². The van der Waals surface area contributed by atoms with Gasteiger partial charge in [0.05, 0.1) is 14.2 Å². The SMILES string of the molecule is COc1cc(OC)cc(C(=O)NC2CCN(C(=O)c3cccc(NC(C)=O)c3)CC2)c1. The van der Waals surface area contributed by atoms with E-state index in [0.717, 1.165) is 0 Å². The van der Waals surface area contributed by atoms with Crippen LogP contribution in [0.25, 0.3) is 0 Å². The molecule has 0 aromatic heterocycles. The lowest BCUT2D eigenvalue weighted by Crippen LogP contribution is -2.46. The molecule has 164 valence electrons. The number of benzene rings is 2. The lowest BCUT2D eigenvalue weighted by atomic mass is 10.0. The Kier molecular flexibility index (Phi) is 7.12. The number of anilines is 1. The molecule has 0 aliphatic carbocycles. The Hall–Kier alpha value is -3.55. The molecule has 2 N–H and O–H groups in total. The van der Waals surface area contributed by atoms with Crippen molar-refractivity contribution in [3.8, 4) is 11.5 Å². The second kappa shape index (κ2) is 9.97. The number of carbonyl (C=O) groups excluding carboxylic acids is 3. The van der Waals surface area contributed by atoms with Gasteiger partial charge in [-0.05, 0) is 43.2 Å². The van der Waals surface area contributed by atoms with Crippen molar-refractivity contribution in [3.05, 3.63) is 53.6 Å². The summed E-state index contributed by atoms with van der Waals surface area (Å²) in [4.78, 5) is 38.5. The molecule has 0 bridgehead atoms. The van der Waals surface area contributed by atoms with Crippen LogP contribution in [0, 0.1) is 0 Å². The number of methoxy groups -OCH3 is 2. The molecule has 1 heterocycles. The predicted molar refractivity (Wildman–Crippen MR) is 117 cm³/mol. The Labute approximate surface area is 181 Å². The van der Waals surface area contributed by atoms with Gasteiger partial charge in [0.1, 0.15) is 11.5 Å². The lowest BCUT2D eigenvalue weighted by Gasteiger charge is -2.32. The lowest BCUT2D eigenvalue weighted by molar-refractivity contribution is -0.114. The molecular weight excluding hydrogens is 398 g/mol. The Balaban J connectivity index is 1.58. The van der Waals surface area contributed by atoms with Crippen molar-refractivity contribution in [3.63, 3.8) is 0 Å². The maximum absolute atomic E-state index is 12.8. The molecular formula is C23H27N3O5. The minimum atomic E-state index is -0.204. The van der Waals surface area contributed by atoms with Gasteiger partial charge in [-0.15, -0.1) is 0 Å². The van der Waals surface area contributed by atoms with Gasteiger partial charge in [0, 0.05) is 48.9 Å². The Morgan fingerprint density at radius 2 is 1.58 bits per heavy atom. The summed E-state index contributed by atoms with van der Waals surface area (Å²) >= 11 is 0. The Morgan fingerprint density at radius 1 is 0.935 bits per heavy atom. The fourth-order valence-electron chi connectivity index (χ4n) is 3.55. The largest absolute Gasteiger partial charge is 0.497 e. The normalized spacial score (nSPS) is 14.0. The zero-order chi connectivity index (χ0) is 22.4. The van der Waals surface area contributed by atoms with E-state index in [-0.39, 0.29) is 23.8 Å². The van der Waals surface area contributed by atoms with E-state index in [2.05, 4.69) is 10.6 Å². The molecule has 1 fully saturated rings. The fourth-order valence-corrected chi connectivity index (χ4v) is 3.55. The van der Waals surface area contributed by atoms with Crippen LogP contribution in [0.3, 0.4) is 0 Å². The van der Waals surface area contributed by atoms with Gasteiger partial charge >= 0.3 is 0 Å². The summed E-state index contributed by atoms with van der Waals surface area (Å²) in [7, 11) is 3.07. The molecule has 1 aliphatic rings. The summed E-state index contributed by atoms with van der Waals surface area (Å²) in [6, 6.07) is 11.9. The molecule has 8 nitrogen and oxygen atoms in total. The predicted octanol–water partition coefficient (Wildman–Crippen LogP) is 2.70. The Bertz CT molecular complexity index is 945. The van der Waals surface area contributed by atoms with Crippen molar-refractivity contribution in [2.75, 3.05) is 32.6 Å². The second-order valence-electron chi connectivity index (χ2n) is 7.40. The summed E-state index contributed by atoms with van der Waals surface area (Å²) in [6.45, 7) is 2.50. The first-order valence-electron chi connectivity index (χ1n) is 10.1. The van der Waals surface area contributed by atoms with E-state index >= 15 is 0 Å². The van der Waals surface area contributed by atoms with Crippen LogP contribution in [0.15, 0.2) is 42.5 Å². The highest BCUT2D eigenvalue weighted by Crippen LogP contribution is 2.23. The summed E-state index contributed by atoms with van der Waals surface area (Å²) in [5.41, 5.74) is 1.58. The number of piperidine rings is 1. The van der Waals surface area contributed by atoms with Crippen molar-refractivity contribution in [1.29, 1.82) is 0 Å². The average molecular weight is 425 g/mol. The number of likely N-dealkylation sites (tertiary alicyclic amines) is 1. The first-order chi connectivity index (χ1) is 14.9. The van der Waals surface area contributed by atoms with Gasteiger partial charge < -0.3 is 25.0 Å². The van der Waals surface area contributed by atoms with Crippen LogP contribution >= 0.6 is 0 Å². The highest BCUT2D eigenvalue weighted by molar-refractivity contribution is 5.97. The molecule has 0 unspecified atom stereocenters. The average Bonchev–Trinajstić information content (AvgIpc) is 2.78. The van der Waals surface area contributed by atoms with E-state index in [9.17, 15) is 14.4 Å². The minimum absolute atomic E-state index is 0.0283. The van der Waals surface area contributed by atoms with Crippen LogP contribution < -0.4 is 20.1 Å². The van der Waals surface area contributed by atoms with Gasteiger partial charge in [0.15, 0.2) is 0 Å². The maximum Gasteiger partial charge on any atom is 0.253 e. The van der Waals surface area contributed by atoms with Crippen molar-refractivity contribution >= 4 is 23.4 Å². The molecule has 2 aromatic carbocycles. The summed E-state index contributed by atoms with van der Waals surface area (Å²) in [6.07, 6.45) is 1.31. The van der Waals surface area contributed by atoms with Gasteiger partial charge in [-0.25, -0.2) is 0 Å². The number of hydrogen-bond acceptors (Lipinski definition) is 5. The summed E-state index contributed by atoms with van der Waals surface area (Å²) in [5, 5.41) is 5.72. The third-order valence-electron chi connectivity index (χ3n) is 5.16. The Morgan fingerprint density at radius 3 is 2.16 bits per heavy atom. The molecule has 3 amide bonds. The van der Waals surface area contributed by atoms with Crippen molar-refractivity contribution < 1.29 is 23.9 Å². The number of carbonyl (C=O) groups is 3. The van der Waals surface area contributed by atoms with Crippen LogP contribution in [0.2, 0.25) is 0 Å². The van der Waals surface area contributed by atoms with Gasteiger partial charge in [0.2, 0.25) is 5.91 Å². The number of nitrogens with zero attached hydrogens (tertiary/aromatic N) is 1. The number of rotatable bonds is 6. The smallest absolute Gasteiger partial charge is 0.253 e. The van der Waals surface area contributed by atoms with E-state index in [1.54, 1.807) is 47.4 Å². The van der Waals surface area contributed by atoms with Crippen molar-refractivity contribution in [2.45, 2.75) is 25.8 Å². The number of nitrogens with one attached hydrogen (secondary N) is 2. The zero-order valence-electron chi connectivity index (χ0n) is 17.9. The molecule has 8 heteroatoms. The van der Waals surface area contributed by atoms with Crippen LogP contribution in [-0.4, -0.2) is 56.0 Å². The summed E-state index contributed by atoms with van der Waals surface area (Å²) in [5.74, 6) is 0.618. The first kappa shape index (κ1) is 22.1. The minimum Gasteiger partial charge on any atom is -0.497 e. The van der Waals surface area contributed by atoms with E-state index in [0.29, 0.717) is 54.2 Å². The van der Waals surface area contributed by atoms with E-state index in [1.807, 2.05) is 0 Å². The highest BCUT2D eigenvalue weighted by Gasteiger charge is 2.25. The number of ether oxygens (including phenoxy) is 2. The molecule has 1 aliphatic heterocycles. The molecule has 0 saturated carbocycles.